The van der Waals surface area contributed by atoms with Crippen molar-refractivity contribution >= 4 is 24.2 Å². The fraction of sp³-hybridized carbons (Fsp3) is 0.407. The van der Waals surface area contributed by atoms with Crippen molar-refractivity contribution in [3.63, 3.8) is 0 Å². The maximum Gasteiger partial charge on any atom is 0.513 e. The summed E-state index contributed by atoms with van der Waals surface area (Å²) in [5.74, 6) is -1.24. The zero-order chi connectivity index (χ0) is 28.1. The predicted octanol–water partition coefficient (Wildman–Crippen LogP) is 5.11. The summed E-state index contributed by atoms with van der Waals surface area (Å²) in [6.45, 7) is 3.67. The van der Waals surface area contributed by atoms with Crippen molar-refractivity contribution < 1.29 is 53.1 Å². The molecule has 0 aliphatic rings. The smallest absolute Gasteiger partial charge is 0.493 e. The summed E-state index contributed by atoms with van der Waals surface area (Å²) >= 11 is 0. The highest BCUT2D eigenvalue weighted by atomic mass is 16.7. The van der Waals surface area contributed by atoms with E-state index in [1.165, 1.54) is 7.11 Å². The van der Waals surface area contributed by atoms with Crippen LogP contribution in [0.4, 0.5) is 9.59 Å². The number of aryl methyl sites for hydroxylation is 1. The molecule has 0 aliphatic heterocycles. The van der Waals surface area contributed by atoms with Gasteiger partial charge in [0.05, 0.1) is 20.3 Å². The van der Waals surface area contributed by atoms with Crippen LogP contribution in [0, 0.1) is 6.92 Å². The molecule has 11 nitrogen and oxygen atoms in total. The first kappa shape index (κ1) is 29.9. The average molecular weight is 533 g/mol. The molecule has 2 aromatic rings. The number of rotatable bonds is 14. The van der Waals surface area contributed by atoms with Gasteiger partial charge in [0, 0.05) is 12.8 Å². The molecule has 0 spiro atoms. The predicted molar refractivity (Wildman–Crippen MR) is 134 cm³/mol. The Morgan fingerprint density at radius 3 is 1.92 bits per heavy atom. The Morgan fingerprint density at radius 2 is 1.37 bits per heavy atom. The average Bonchev–Trinajstić information content (AvgIpc) is 2.85. The van der Waals surface area contributed by atoms with E-state index in [0.717, 1.165) is 16.7 Å². The Hall–Kier alpha value is -4.28. The first-order valence-corrected chi connectivity index (χ1v) is 12.0. The number of hydrogen-bond donors (Lipinski definition) is 2. The van der Waals surface area contributed by atoms with Gasteiger partial charge in [-0.1, -0.05) is 25.1 Å². The van der Waals surface area contributed by atoms with Gasteiger partial charge < -0.3 is 33.9 Å². The Balaban J connectivity index is 2.03. The summed E-state index contributed by atoms with van der Waals surface area (Å²) in [7, 11) is 1.43. The Bertz CT molecular complexity index is 1130. The van der Waals surface area contributed by atoms with Crippen molar-refractivity contribution in [3.05, 3.63) is 53.1 Å². The second kappa shape index (κ2) is 15.1. The molecular formula is C27H32O11. The number of carbonyl (C=O) groups excluding carboxylic acids is 2. The summed E-state index contributed by atoms with van der Waals surface area (Å²) in [5, 5.41) is 17.3. The van der Waals surface area contributed by atoms with Gasteiger partial charge in [-0.3, -0.25) is 9.59 Å². The largest absolute Gasteiger partial charge is 0.513 e. The molecule has 1 atom stereocenters. The van der Waals surface area contributed by atoms with Gasteiger partial charge in [0.2, 0.25) is 0 Å². The van der Waals surface area contributed by atoms with E-state index in [1.54, 1.807) is 24.3 Å². The minimum absolute atomic E-state index is 0.0636. The van der Waals surface area contributed by atoms with Crippen LogP contribution in [0.5, 0.6) is 17.2 Å². The van der Waals surface area contributed by atoms with Crippen molar-refractivity contribution in [1.82, 2.24) is 0 Å². The highest BCUT2D eigenvalue weighted by Gasteiger charge is 2.18. The van der Waals surface area contributed by atoms with Gasteiger partial charge >= 0.3 is 24.2 Å². The van der Waals surface area contributed by atoms with Crippen LogP contribution in [0.25, 0.3) is 0 Å². The van der Waals surface area contributed by atoms with Gasteiger partial charge in [-0.15, -0.1) is 0 Å². The second-order valence-electron chi connectivity index (χ2n) is 8.53. The molecule has 0 bridgehead atoms. The van der Waals surface area contributed by atoms with Crippen LogP contribution in [0.1, 0.15) is 55.2 Å². The molecule has 0 aliphatic carbocycles. The van der Waals surface area contributed by atoms with Crippen molar-refractivity contribution in [3.8, 4) is 17.2 Å². The van der Waals surface area contributed by atoms with Crippen LogP contribution in [0.15, 0.2) is 36.4 Å². The molecule has 11 heteroatoms. The zero-order valence-corrected chi connectivity index (χ0v) is 21.6. The normalized spacial score (nSPS) is 11.2. The van der Waals surface area contributed by atoms with Crippen molar-refractivity contribution in [1.29, 1.82) is 0 Å². The minimum atomic E-state index is -0.981. The molecule has 0 aromatic heterocycles. The molecule has 206 valence electrons. The van der Waals surface area contributed by atoms with Gasteiger partial charge in [-0.05, 0) is 67.0 Å². The fourth-order valence-electron chi connectivity index (χ4n) is 3.52. The number of aliphatic carboxylic acids is 2. The third kappa shape index (κ3) is 10.4. The summed E-state index contributed by atoms with van der Waals surface area (Å²) in [5.41, 5.74) is 2.51. The fourth-order valence-corrected chi connectivity index (χ4v) is 3.52. The lowest BCUT2D eigenvalue weighted by molar-refractivity contribution is -0.138. The third-order valence-corrected chi connectivity index (χ3v) is 5.37. The standard InChI is InChI=1S/C27H32O11/c1-17-8-10-20(22(14-17)38-27(33)36-13-5-7-25(30)31)18(2)15-19-9-11-21(23(16-19)34-3)37-26(32)35-12-4-6-24(28)29/h8-11,14,16,18H,4-7,12-13,15H2,1-3H3,(H,28,29)(H,30,31). The zero-order valence-electron chi connectivity index (χ0n) is 21.6. The van der Waals surface area contributed by atoms with Crippen LogP contribution in [0.3, 0.4) is 0 Å². The van der Waals surface area contributed by atoms with Crippen LogP contribution >= 0.6 is 0 Å². The molecule has 1 unspecified atom stereocenters. The summed E-state index contributed by atoms with van der Waals surface area (Å²) in [6, 6.07) is 10.5. The highest BCUT2D eigenvalue weighted by Crippen LogP contribution is 2.34. The van der Waals surface area contributed by atoms with Crippen LogP contribution in [-0.4, -0.2) is 54.8 Å². The summed E-state index contributed by atoms with van der Waals surface area (Å²) < 4.78 is 25.8. The van der Waals surface area contributed by atoms with Gasteiger partial charge in [0.15, 0.2) is 11.5 Å². The molecule has 2 rings (SSSR count). The maximum atomic E-state index is 12.1. The van der Waals surface area contributed by atoms with E-state index in [9.17, 15) is 19.2 Å². The second-order valence-corrected chi connectivity index (χ2v) is 8.53. The van der Waals surface area contributed by atoms with E-state index < -0.39 is 24.2 Å². The number of carboxylic acids is 2. The topological polar surface area (TPSA) is 155 Å². The van der Waals surface area contributed by atoms with E-state index in [-0.39, 0.29) is 50.6 Å². The number of carbonyl (C=O) groups is 4. The number of benzene rings is 2. The molecular weight excluding hydrogens is 500 g/mol. The third-order valence-electron chi connectivity index (χ3n) is 5.37. The highest BCUT2D eigenvalue weighted by molar-refractivity contribution is 5.68. The minimum Gasteiger partial charge on any atom is -0.493 e. The van der Waals surface area contributed by atoms with E-state index in [4.69, 9.17) is 33.9 Å². The quantitative estimate of drug-likeness (QED) is 0.189. The Kier molecular flexibility index (Phi) is 11.9. The lowest BCUT2D eigenvalue weighted by Gasteiger charge is -2.18. The number of hydrogen-bond acceptors (Lipinski definition) is 9. The van der Waals surface area contributed by atoms with E-state index in [2.05, 4.69) is 0 Å². The van der Waals surface area contributed by atoms with Gasteiger partial charge in [0.1, 0.15) is 5.75 Å². The van der Waals surface area contributed by atoms with E-state index in [1.807, 2.05) is 26.0 Å². The number of ether oxygens (including phenoxy) is 5. The van der Waals surface area contributed by atoms with Crippen LogP contribution in [0.2, 0.25) is 0 Å². The van der Waals surface area contributed by atoms with Gasteiger partial charge in [-0.2, -0.15) is 0 Å². The van der Waals surface area contributed by atoms with Gasteiger partial charge in [-0.25, -0.2) is 9.59 Å². The molecule has 0 amide bonds. The maximum absolute atomic E-state index is 12.1. The van der Waals surface area contributed by atoms with Crippen molar-refractivity contribution in [2.24, 2.45) is 0 Å². The van der Waals surface area contributed by atoms with Crippen LogP contribution < -0.4 is 14.2 Å². The molecule has 0 saturated carbocycles. The van der Waals surface area contributed by atoms with Crippen molar-refractivity contribution in [2.45, 2.75) is 51.9 Å². The molecule has 0 radical (unpaired) electrons. The molecule has 38 heavy (non-hydrogen) atoms. The van der Waals surface area contributed by atoms with E-state index >= 15 is 0 Å². The lowest BCUT2D eigenvalue weighted by Crippen LogP contribution is -2.14. The first-order valence-electron chi connectivity index (χ1n) is 12.0. The SMILES string of the molecule is COc1cc(CC(C)c2ccc(C)cc2OC(=O)OCCCC(=O)O)ccc1OC(=O)OCCCC(=O)O. The number of carboxylic acid groups (broad SMARTS) is 2. The first-order chi connectivity index (χ1) is 18.1. The molecule has 0 fully saturated rings. The Labute approximate surface area is 220 Å². The molecule has 2 aromatic carbocycles. The van der Waals surface area contributed by atoms with E-state index in [0.29, 0.717) is 17.9 Å². The summed E-state index contributed by atoms with van der Waals surface area (Å²) in [6.07, 6.45) is -1.22. The van der Waals surface area contributed by atoms with Gasteiger partial charge in [0.25, 0.3) is 0 Å². The molecule has 0 saturated heterocycles. The molecule has 0 heterocycles. The van der Waals surface area contributed by atoms with Crippen LogP contribution in [-0.2, 0) is 25.5 Å². The molecule has 2 N–H and O–H groups in total. The number of methoxy groups -OCH3 is 1. The Morgan fingerprint density at radius 1 is 0.789 bits per heavy atom. The summed E-state index contributed by atoms with van der Waals surface area (Å²) in [4.78, 5) is 45.2. The monoisotopic (exact) mass is 532 g/mol. The lowest BCUT2D eigenvalue weighted by atomic mass is 9.92. The van der Waals surface area contributed by atoms with Crippen molar-refractivity contribution in [2.75, 3.05) is 20.3 Å².